The molecular weight excluding hydrogens is 508 g/mol. The van der Waals surface area contributed by atoms with Crippen molar-refractivity contribution in [2.45, 2.75) is 60.6 Å². The molecule has 1 aromatic carbocycles. The topological polar surface area (TPSA) is 77.9 Å². The summed E-state index contributed by atoms with van der Waals surface area (Å²) in [7, 11) is -4.24. The van der Waals surface area contributed by atoms with Gasteiger partial charge in [-0.2, -0.15) is 13.2 Å². The monoisotopic (exact) mass is 540 g/mol. The summed E-state index contributed by atoms with van der Waals surface area (Å²) in [5.41, 5.74) is 1.06. The van der Waals surface area contributed by atoms with E-state index >= 15 is 0 Å². The van der Waals surface area contributed by atoms with Crippen molar-refractivity contribution in [3.63, 3.8) is 0 Å². The molecule has 1 unspecified atom stereocenters. The van der Waals surface area contributed by atoms with Crippen molar-refractivity contribution in [2.75, 3.05) is 26.2 Å². The first-order valence-electron chi connectivity index (χ1n) is 10.7. The van der Waals surface area contributed by atoms with Gasteiger partial charge in [-0.3, -0.25) is 0 Å². The number of aliphatic hydroxyl groups excluding tert-OH is 1. The van der Waals surface area contributed by atoms with E-state index in [1.807, 2.05) is 0 Å². The molecule has 1 aliphatic heterocycles. The van der Waals surface area contributed by atoms with Crippen LogP contribution in [0.25, 0.3) is 0 Å². The van der Waals surface area contributed by atoms with Crippen molar-refractivity contribution in [2.24, 2.45) is 5.92 Å². The van der Waals surface area contributed by atoms with Gasteiger partial charge in [-0.25, -0.2) is 0 Å². The summed E-state index contributed by atoms with van der Waals surface area (Å²) in [6.45, 7) is 4.29. The average molecular weight is 540 g/mol. The van der Waals surface area contributed by atoms with E-state index in [9.17, 15) is 31.5 Å². The second-order valence-electron chi connectivity index (χ2n) is 8.39. The number of halogens is 3. The molecular formula is C21H32AsF3N2O4S. The summed E-state index contributed by atoms with van der Waals surface area (Å²) in [5.74, 6) is 0.539. The molecule has 11 heteroatoms. The van der Waals surface area contributed by atoms with E-state index < -0.39 is 55.1 Å². The number of piperidine rings is 1. The van der Waals surface area contributed by atoms with Crippen molar-refractivity contribution in [1.82, 2.24) is 9.21 Å². The van der Waals surface area contributed by atoms with Crippen LogP contribution in [0.2, 0.25) is 10.4 Å². The zero-order valence-corrected chi connectivity index (χ0v) is 21.5. The molecule has 0 radical (unpaired) electrons. The van der Waals surface area contributed by atoms with Gasteiger partial charge in [0.05, 0.1) is 0 Å². The Balaban J connectivity index is 2.18. The van der Waals surface area contributed by atoms with Gasteiger partial charge in [0.1, 0.15) is 0 Å². The van der Waals surface area contributed by atoms with Crippen LogP contribution in [-0.2, 0) is 21.0 Å². The Labute approximate surface area is 194 Å². The fourth-order valence-electron chi connectivity index (χ4n) is 3.97. The summed E-state index contributed by atoms with van der Waals surface area (Å²) in [6.07, 6.45) is -3.06. The molecule has 1 saturated heterocycles. The number of sulfonamides is 1. The number of amides is 1. The molecule has 0 spiro atoms. The molecule has 0 aliphatic carbocycles. The normalized spacial score (nSPS) is 17.6. The predicted molar refractivity (Wildman–Crippen MR) is 118 cm³/mol. The number of benzene rings is 1. The Hall–Kier alpha value is -1.09. The van der Waals surface area contributed by atoms with Gasteiger partial charge < -0.3 is 0 Å². The Kier molecular flexibility index (Phi) is 9.64. The van der Waals surface area contributed by atoms with Crippen LogP contribution in [0.5, 0.6) is 0 Å². The summed E-state index contributed by atoms with van der Waals surface area (Å²) < 4.78 is 66.7. The zero-order chi connectivity index (χ0) is 24.1. The van der Waals surface area contributed by atoms with E-state index in [1.54, 1.807) is 4.90 Å². The van der Waals surface area contributed by atoms with Gasteiger partial charge in [-0.1, -0.05) is 0 Å². The summed E-state index contributed by atoms with van der Waals surface area (Å²) in [5, 5.41) is 9.44. The number of alkyl halides is 3. The second-order valence-corrected chi connectivity index (χ2v) is 13.0. The number of aliphatic hydroxyl groups is 1. The summed E-state index contributed by atoms with van der Waals surface area (Å²) >= 11 is -0.412. The molecule has 182 valence electrons. The van der Waals surface area contributed by atoms with E-state index in [0.717, 1.165) is 28.9 Å². The molecule has 1 N–H and O–H groups in total. The van der Waals surface area contributed by atoms with Crippen molar-refractivity contribution < 1.29 is 31.5 Å². The Bertz CT molecular complexity index is 872. The van der Waals surface area contributed by atoms with E-state index in [1.165, 1.54) is 0 Å². The maximum atomic E-state index is 13.2. The van der Waals surface area contributed by atoms with Crippen LogP contribution in [0.1, 0.15) is 38.7 Å². The molecule has 1 fully saturated rings. The third-order valence-corrected chi connectivity index (χ3v) is 10.0. The first kappa shape index (κ1) is 27.2. The van der Waals surface area contributed by atoms with Gasteiger partial charge in [0.15, 0.2) is 0 Å². The fourth-order valence-corrected chi connectivity index (χ4v) is 8.08. The SMILES string of the molecule is C[AsH][C@@H](CC(C)C)C(=O)N1CCC(N(CCO)S(=O)(=O)c2cccc(C(F)(F)F)c2)CC1. The van der Waals surface area contributed by atoms with Gasteiger partial charge >= 0.3 is 182 Å². The van der Waals surface area contributed by atoms with Crippen LogP contribution < -0.4 is 0 Å². The standard InChI is InChI=1S/C21H32AsF3N2O4S/c1-15(2)13-19(22-3)20(29)26-9-7-17(8-10-26)27(11-12-28)32(30,31)18-6-4-5-16(14-18)21(23,24)25/h4-6,14-15,17,19,22,28H,7-13H2,1-3H3/t19-/m0/s1. The Morgan fingerprint density at radius 3 is 2.41 bits per heavy atom. The molecule has 2 atom stereocenters. The van der Waals surface area contributed by atoms with Crippen LogP contribution >= 0.6 is 0 Å². The molecule has 2 rings (SSSR count). The molecule has 1 amide bonds. The summed E-state index contributed by atoms with van der Waals surface area (Å²) in [4.78, 5) is 14.2. The minimum absolute atomic E-state index is 0.0499. The van der Waals surface area contributed by atoms with E-state index in [4.69, 9.17) is 0 Å². The third kappa shape index (κ3) is 6.71. The van der Waals surface area contributed by atoms with Gasteiger partial charge in [0, 0.05) is 0 Å². The number of hydrogen-bond donors (Lipinski definition) is 1. The van der Waals surface area contributed by atoms with Gasteiger partial charge in [0.2, 0.25) is 0 Å². The first-order chi connectivity index (χ1) is 14.9. The third-order valence-electron chi connectivity index (χ3n) is 5.63. The number of carbonyl (C=O) groups is 1. The van der Waals surface area contributed by atoms with Gasteiger partial charge in [0.25, 0.3) is 0 Å². The predicted octanol–water partition coefficient (Wildman–Crippen LogP) is 3.00. The van der Waals surface area contributed by atoms with E-state index in [2.05, 4.69) is 19.6 Å². The van der Waals surface area contributed by atoms with Crippen LogP contribution in [0.3, 0.4) is 0 Å². The molecule has 32 heavy (non-hydrogen) atoms. The first-order valence-corrected chi connectivity index (χ1v) is 15.4. The number of likely N-dealkylation sites (tertiary alicyclic amines) is 1. The van der Waals surface area contributed by atoms with Crippen molar-refractivity contribution in [3.05, 3.63) is 29.8 Å². The molecule has 0 bridgehead atoms. The van der Waals surface area contributed by atoms with Crippen molar-refractivity contribution in [3.8, 4) is 0 Å². The van der Waals surface area contributed by atoms with Crippen LogP contribution in [0, 0.1) is 5.92 Å². The number of rotatable bonds is 9. The zero-order valence-electron chi connectivity index (χ0n) is 18.6. The van der Waals surface area contributed by atoms with E-state index in [-0.39, 0.29) is 17.2 Å². The van der Waals surface area contributed by atoms with Crippen molar-refractivity contribution >= 4 is 31.7 Å². The maximum absolute atomic E-state index is 13.2. The number of hydrogen-bond acceptors (Lipinski definition) is 4. The molecule has 0 aromatic heterocycles. The molecule has 0 saturated carbocycles. The summed E-state index contributed by atoms with van der Waals surface area (Å²) in [6, 6.07) is 3.16. The second kappa shape index (κ2) is 11.4. The van der Waals surface area contributed by atoms with E-state index in [0.29, 0.717) is 37.9 Å². The molecule has 1 aromatic rings. The molecule has 1 heterocycles. The van der Waals surface area contributed by atoms with Crippen LogP contribution in [-0.4, -0.2) is 76.7 Å². The Morgan fingerprint density at radius 1 is 1.28 bits per heavy atom. The quantitative estimate of drug-likeness (QED) is 0.489. The fraction of sp³-hybridized carbons (Fsp3) is 0.667. The Morgan fingerprint density at radius 2 is 1.91 bits per heavy atom. The average Bonchev–Trinajstić information content (AvgIpc) is 2.74. The molecule has 1 aliphatic rings. The molecule has 6 nitrogen and oxygen atoms in total. The van der Waals surface area contributed by atoms with Crippen molar-refractivity contribution in [1.29, 1.82) is 0 Å². The number of carbonyl (C=O) groups excluding carboxylic acids is 1. The van der Waals surface area contributed by atoms with Crippen LogP contribution in [0.4, 0.5) is 13.2 Å². The number of nitrogens with zero attached hydrogens (tertiary/aromatic N) is 2. The van der Waals surface area contributed by atoms with Gasteiger partial charge in [-0.05, 0) is 0 Å². The van der Waals surface area contributed by atoms with Crippen LogP contribution in [0.15, 0.2) is 29.2 Å². The minimum atomic E-state index is -4.66. The van der Waals surface area contributed by atoms with Gasteiger partial charge in [-0.15, -0.1) is 0 Å².